The predicted octanol–water partition coefficient (Wildman–Crippen LogP) is 4.28. The fraction of sp³-hybridized carbons (Fsp3) is 0.154. The maximum Gasteiger partial charge on any atom is 0.255 e. The molecule has 1 aliphatic heterocycles. The molecule has 1 atom stereocenters. The summed E-state index contributed by atoms with van der Waals surface area (Å²) in [4.78, 5) is 22.6. The number of aromatic nitrogens is 4. The van der Waals surface area contributed by atoms with Crippen molar-refractivity contribution in [1.29, 1.82) is 0 Å². The van der Waals surface area contributed by atoms with E-state index in [1.165, 1.54) is 0 Å². The summed E-state index contributed by atoms with van der Waals surface area (Å²) in [6, 6.07) is 18.0. The average Bonchev–Trinajstić information content (AvgIpc) is 3.32. The summed E-state index contributed by atoms with van der Waals surface area (Å²) in [5, 5.41) is 11.0. The van der Waals surface area contributed by atoms with E-state index in [1.807, 2.05) is 55.5 Å². The van der Waals surface area contributed by atoms with Crippen LogP contribution >= 0.6 is 0 Å². The molecule has 4 aromatic rings. The van der Waals surface area contributed by atoms with Crippen molar-refractivity contribution in [1.82, 2.24) is 19.7 Å². The largest absolute Gasteiger partial charge is 0.496 e. The minimum Gasteiger partial charge on any atom is -0.496 e. The fourth-order valence-corrected chi connectivity index (χ4v) is 4.18. The first-order chi connectivity index (χ1) is 17.1. The Bertz CT molecular complexity index is 1410. The number of hydrogen-bond acceptors (Lipinski definition) is 7. The SMILES string of the molecule is COc1ccccc1NC(=O)C1=C(C)Nc2nc(-c3cccnc3)nn2[C@@H]1c1ccccc1OC. The Balaban J connectivity index is 1.63. The van der Waals surface area contributed by atoms with E-state index >= 15 is 0 Å². The molecule has 0 aliphatic carbocycles. The van der Waals surface area contributed by atoms with E-state index in [0.717, 1.165) is 11.1 Å². The molecule has 1 amide bonds. The summed E-state index contributed by atoms with van der Waals surface area (Å²) in [5.41, 5.74) is 3.26. The van der Waals surface area contributed by atoms with Crippen molar-refractivity contribution in [2.24, 2.45) is 0 Å². The number of allylic oxidation sites excluding steroid dienone is 1. The van der Waals surface area contributed by atoms with Gasteiger partial charge in [-0.1, -0.05) is 30.3 Å². The number of nitrogens with one attached hydrogen (secondary N) is 2. The minimum atomic E-state index is -0.588. The molecule has 2 aromatic carbocycles. The number of methoxy groups -OCH3 is 2. The molecule has 0 unspecified atom stereocenters. The average molecular weight is 469 g/mol. The lowest BCUT2D eigenvalue weighted by Crippen LogP contribution is -2.31. The number of fused-ring (bicyclic) bond motifs is 1. The van der Waals surface area contributed by atoms with Crippen molar-refractivity contribution >= 4 is 17.5 Å². The molecular weight excluding hydrogens is 444 g/mol. The van der Waals surface area contributed by atoms with Crippen molar-refractivity contribution in [3.8, 4) is 22.9 Å². The molecule has 0 saturated carbocycles. The summed E-state index contributed by atoms with van der Waals surface area (Å²) in [7, 11) is 3.17. The normalized spacial score (nSPS) is 14.7. The van der Waals surface area contributed by atoms with Crippen LogP contribution in [0.1, 0.15) is 18.5 Å². The quantitative estimate of drug-likeness (QED) is 0.435. The molecule has 0 spiro atoms. The van der Waals surface area contributed by atoms with Gasteiger partial charge in [0.2, 0.25) is 5.95 Å². The summed E-state index contributed by atoms with van der Waals surface area (Å²) in [5.74, 6) is 1.93. The van der Waals surface area contributed by atoms with Gasteiger partial charge in [0, 0.05) is 29.2 Å². The summed E-state index contributed by atoms with van der Waals surface area (Å²) in [6.07, 6.45) is 3.40. The second-order valence-electron chi connectivity index (χ2n) is 7.91. The zero-order chi connectivity index (χ0) is 24.4. The van der Waals surface area contributed by atoms with E-state index in [4.69, 9.17) is 14.6 Å². The number of carbonyl (C=O) groups excluding carboxylic acids is 1. The molecule has 3 heterocycles. The maximum atomic E-state index is 13.7. The lowest BCUT2D eigenvalue weighted by molar-refractivity contribution is -0.113. The van der Waals surface area contributed by atoms with Crippen LogP contribution in [-0.2, 0) is 4.79 Å². The van der Waals surface area contributed by atoms with Crippen molar-refractivity contribution in [3.63, 3.8) is 0 Å². The van der Waals surface area contributed by atoms with E-state index in [9.17, 15) is 4.79 Å². The zero-order valence-corrected chi connectivity index (χ0v) is 19.5. The highest BCUT2D eigenvalue weighted by Gasteiger charge is 2.36. The standard InChI is InChI=1S/C26H24N6O3/c1-16-22(25(33)29-19-11-5-7-13-21(19)35-3)23(18-10-4-6-12-20(18)34-2)32-26(28-16)30-24(31-32)17-9-8-14-27-15-17/h4-15,23H,1-3H3,(H,29,33)(H,28,30,31)/t23-/m1/s1. The van der Waals surface area contributed by atoms with Crippen LogP contribution in [-0.4, -0.2) is 39.9 Å². The van der Waals surface area contributed by atoms with Gasteiger partial charge in [-0.3, -0.25) is 9.78 Å². The number of carbonyl (C=O) groups is 1. The van der Waals surface area contributed by atoms with Gasteiger partial charge < -0.3 is 20.1 Å². The third kappa shape index (κ3) is 4.08. The molecule has 2 N–H and O–H groups in total. The third-order valence-corrected chi connectivity index (χ3v) is 5.81. The van der Waals surface area contributed by atoms with Gasteiger partial charge >= 0.3 is 0 Å². The number of anilines is 2. The monoisotopic (exact) mass is 468 g/mol. The number of para-hydroxylation sites is 3. The molecule has 9 nitrogen and oxygen atoms in total. The van der Waals surface area contributed by atoms with Crippen LogP contribution in [0.4, 0.5) is 11.6 Å². The second-order valence-corrected chi connectivity index (χ2v) is 7.91. The minimum absolute atomic E-state index is 0.292. The number of benzene rings is 2. The summed E-state index contributed by atoms with van der Waals surface area (Å²) in [6.45, 7) is 1.85. The van der Waals surface area contributed by atoms with Crippen LogP contribution in [0.5, 0.6) is 11.5 Å². The van der Waals surface area contributed by atoms with Crippen molar-refractivity contribution in [2.75, 3.05) is 24.9 Å². The van der Waals surface area contributed by atoms with Crippen molar-refractivity contribution in [2.45, 2.75) is 13.0 Å². The molecule has 2 aromatic heterocycles. The smallest absolute Gasteiger partial charge is 0.255 e. The van der Waals surface area contributed by atoms with Gasteiger partial charge in [0.1, 0.15) is 17.5 Å². The van der Waals surface area contributed by atoms with Gasteiger partial charge in [-0.05, 0) is 37.3 Å². The summed E-state index contributed by atoms with van der Waals surface area (Å²) < 4.78 is 12.8. The van der Waals surface area contributed by atoms with Gasteiger partial charge in [0.25, 0.3) is 5.91 Å². The van der Waals surface area contributed by atoms with Crippen LogP contribution in [0.3, 0.4) is 0 Å². The van der Waals surface area contributed by atoms with Crippen LogP contribution in [0.25, 0.3) is 11.4 Å². The number of amides is 1. The highest BCUT2D eigenvalue weighted by atomic mass is 16.5. The Hall–Kier alpha value is -4.66. The van der Waals surface area contributed by atoms with Gasteiger partial charge in [-0.15, -0.1) is 5.10 Å². The molecule has 9 heteroatoms. The number of ether oxygens (including phenoxy) is 2. The lowest BCUT2D eigenvalue weighted by Gasteiger charge is -2.29. The van der Waals surface area contributed by atoms with Crippen molar-refractivity contribution in [3.05, 3.63) is 89.9 Å². The molecule has 0 radical (unpaired) electrons. The number of rotatable bonds is 6. The first kappa shape index (κ1) is 22.1. The Morgan fingerprint density at radius 1 is 1.00 bits per heavy atom. The zero-order valence-electron chi connectivity index (χ0n) is 19.5. The van der Waals surface area contributed by atoms with Gasteiger partial charge in [0.05, 0.1) is 25.5 Å². The van der Waals surface area contributed by atoms with E-state index in [0.29, 0.717) is 40.2 Å². The highest BCUT2D eigenvalue weighted by molar-refractivity contribution is 6.06. The highest BCUT2D eigenvalue weighted by Crippen LogP contribution is 2.40. The lowest BCUT2D eigenvalue weighted by atomic mass is 9.94. The fourth-order valence-electron chi connectivity index (χ4n) is 4.18. The second kappa shape index (κ2) is 9.30. The van der Waals surface area contributed by atoms with Gasteiger partial charge in [-0.2, -0.15) is 4.98 Å². The molecule has 176 valence electrons. The van der Waals surface area contributed by atoms with Crippen LogP contribution < -0.4 is 20.1 Å². The van der Waals surface area contributed by atoms with E-state index in [-0.39, 0.29) is 5.91 Å². The molecular formula is C26H24N6O3. The summed E-state index contributed by atoms with van der Waals surface area (Å²) >= 11 is 0. The first-order valence-electron chi connectivity index (χ1n) is 11.0. The Morgan fingerprint density at radius 2 is 1.74 bits per heavy atom. The number of pyridine rings is 1. The topological polar surface area (TPSA) is 103 Å². The molecule has 0 saturated heterocycles. The van der Waals surface area contributed by atoms with Crippen LogP contribution in [0.15, 0.2) is 84.3 Å². The van der Waals surface area contributed by atoms with Crippen LogP contribution in [0.2, 0.25) is 0 Å². The Labute approximate surface area is 202 Å². The first-order valence-corrected chi connectivity index (χ1v) is 11.0. The molecule has 0 fully saturated rings. The van der Waals surface area contributed by atoms with Gasteiger partial charge in [-0.25, -0.2) is 4.68 Å². The van der Waals surface area contributed by atoms with E-state index < -0.39 is 6.04 Å². The number of hydrogen-bond donors (Lipinski definition) is 2. The molecule has 0 bridgehead atoms. The van der Waals surface area contributed by atoms with Crippen molar-refractivity contribution < 1.29 is 14.3 Å². The predicted molar refractivity (Wildman–Crippen MR) is 132 cm³/mol. The Morgan fingerprint density at radius 3 is 2.49 bits per heavy atom. The van der Waals surface area contributed by atoms with E-state index in [2.05, 4.69) is 20.6 Å². The van der Waals surface area contributed by atoms with Gasteiger partial charge in [0.15, 0.2) is 5.82 Å². The third-order valence-electron chi connectivity index (χ3n) is 5.81. The maximum absolute atomic E-state index is 13.7. The van der Waals surface area contributed by atoms with Crippen LogP contribution in [0, 0.1) is 0 Å². The molecule has 1 aliphatic rings. The van der Waals surface area contributed by atoms with E-state index in [1.54, 1.807) is 43.4 Å². The Kier molecular flexibility index (Phi) is 5.88. The molecule has 5 rings (SSSR count). The number of nitrogens with zero attached hydrogens (tertiary/aromatic N) is 4. The molecule has 35 heavy (non-hydrogen) atoms.